The highest BCUT2D eigenvalue weighted by Crippen LogP contribution is 2.34. The van der Waals surface area contributed by atoms with Crippen LogP contribution in [-0.2, 0) is 11.2 Å². The van der Waals surface area contributed by atoms with E-state index in [1.165, 1.54) is 12.8 Å². The maximum atomic E-state index is 12.3. The Balaban J connectivity index is 1.95. The van der Waals surface area contributed by atoms with Gasteiger partial charge in [0.2, 0.25) is 5.91 Å². The zero-order chi connectivity index (χ0) is 18.4. The second kappa shape index (κ2) is 9.43. The number of halogens is 1. The van der Waals surface area contributed by atoms with Crippen LogP contribution in [0.1, 0.15) is 39.2 Å². The average molecular weight is 413 g/mol. The van der Waals surface area contributed by atoms with Crippen molar-refractivity contribution >= 4 is 21.8 Å². The van der Waals surface area contributed by atoms with Gasteiger partial charge in [0.25, 0.3) is 0 Å². The SMILES string of the molecule is CCOc1cc(Br)c(CC(=O)NCC(C)N(C)C2CC2)cc1OCC. The van der Waals surface area contributed by atoms with Crippen LogP contribution < -0.4 is 14.8 Å². The summed E-state index contributed by atoms with van der Waals surface area (Å²) in [7, 11) is 2.13. The lowest BCUT2D eigenvalue weighted by molar-refractivity contribution is -0.120. The molecule has 1 atom stereocenters. The average Bonchev–Trinajstić information content (AvgIpc) is 3.41. The Kier molecular flexibility index (Phi) is 7.56. The van der Waals surface area contributed by atoms with Gasteiger partial charge in [-0.1, -0.05) is 15.9 Å². The Bertz CT molecular complexity index is 590. The highest BCUT2D eigenvalue weighted by molar-refractivity contribution is 9.10. The van der Waals surface area contributed by atoms with Gasteiger partial charge in [-0.25, -0.2) is 0 Å². The molecule has 0 radical (unpaired) electrons. The third-order valence-corrected chi connectivity index (χ3v) is 5.21. The van der Waals surface area contributed by atoms with Gasteiger partial charge in [-0.05, 0) is 58.4 Å². The van der Waals surface area contributed by atoms with E-state index < -0.39 is 0 Å². The van der Waals surface area contributed by atoms with Crippen LogP contribution in [-0.4, -0.2) is 49.7 Å². The summed E-state index contributed by atoms with van der Waals surface area (Å²) in [4.78, 5) is 14.7. The van der Waals surface area contributed by atoms with Crippen LogP contribution in [0.15, 0.2) is 16.6 Å². The van der Waals surface area contributed by atoms with Crippen LogP contribution in [0.4, 0.5) is 0 Å². The van der Waals surface area contributed by atoms with Gasteiger partial charge in [-0.3, -0.25) is 9.69 Å². The molecule has 140 valence electrons. The number of nitrogens with one attached hydrogen (secondary N) is 1. The molecule has 1 aromatic rings. The van der Waals surface area contributed by atoms with Crippen LogP contribution in [0, 0.1) is 0 Å². The molecule has 0 bridgehead atoms. The fourth-order valence-corrected chi connectivity index (χ4v) is 3.19. The van der Waals surface area contributed by atoms with Gasteiger partial charge in [0.05, 0.1) is 19.6 Å². The molecule has 0 heterocycles. The standard InChI is InChI=1S/C19H29BrN2O3/c1-5-24-17-9-14(16(20)11-18(17)25-6-2)10-19(23)21-12-13(3)22(4)15-7-8-15/h9,11,13,15H,5-8,10,12H2,1-4H3,(H,21,23). The quantitative estimate of drug-likeness (QED) is 0.639. The van der Waals surface area contributed by atoms with E-state index in [4.69, 9.17) is 9.47 Å². The van der Waals surface area contributed by atoms with E-state index in [0.717, 1.165) is 10.0 Å². The molecule has 1 unspecified atom stereocenters. The predicted molar refractivity (Wildman–Crippen MR) is 103 cm³/mol. The first-order valence-electron chi connectivity index (χ1n) is 9.02. The van der Waals surface area contributed by atoms with E-state index in [9.17, 15) is 4.79 Å². The third-order valence-electron chi connectivity index (χ3n) is 4.48. The first-order chi connectivity index (χ1) is 12.0. The van der Waals surface area contributed by atoms with Crippen LogP contribution in [0.5, 0.6) is 11.5 Å². The second-order valence-electron chi connectivity index (χ2n) is 6.48. The molecule has 0 saturated heterocycles. The van der Waals surface area contributed by atoms with E-state index in [0.29, 0.717) is 49.8 Å². The molecule has 1 fully saturated rings. The normalized spacial score (nSPS) is 15.1. The molecule has 25 heavy (non-hydrogen) atoms. The van der Waals surface area contributed by atoms with Crippen LogP contribution in [0.3, 0.4) is 0 Å². The van der Waals surface area contributed by atoms with Crippen molar-refractivity contribution in [2.24, 2.45) is 0 Å². The van der Waals surface area contributed by atoms with Crippen molar-refractivity contribution in [1.29, 1.82) is 0 Å². The summed E-state index contributed by atoms with van der Waals surface area (Å²) >= 11 is 3.54. The van der Waals surface area contributed by atoms with Crippen molar-refractivity contribution in [3.63, 3.8) is 0 Å². The minimum Gasteiger partial charge on any atom is -0.490 e. The molecule has 0 aliphatic heterocycles. The molecule has 6 heteroatoms. The van der Waals surface area contributed by atoms with E-state index in [-0.39, 0.29) is 5.91 Å². The molecule has 1 aromatic carbocycles. The fraction of sp³-hybridized carbons (Fsp3) is 0.632. The summed E-state index contributed by atoms with van der Waals surface area (Å²) in [6, 6.07) is 4.80. The first-order valence-corrected chi connectivity index (χ1v) is 9.82. The van der Waals surface area contributed by atoms with Crippen molar-refractivity contribution in [3.05, 3.63) is 22.2 Å². The largest absolute Gasteiger partial charge is 0.490 e. The molecule has 1 saturated carbocycles. The molecular formula is C19H29BrN2O3. The zero-order valence-corrected chi connectivity index (χ0v) is 17.2. The lowest BCUT2D eigenvalue weighted by Gasteiger charge is -2.24. The number of carbonyl (C=O) groups excluding carboxylic acids is 1. The maximum absolute atomic E-state index is 12.3. The molecule has 0 spiro atoms. The molecular weight excluding hydrogens is 384 g/mol. The summed E-state index contributed by atoms with van der Waals surface area (Å²) in [5, 5.41) is 3.04. The Hall–Kier alpha value is -1.27. The topological polar surface area (TPSA) is 50.8 Å². The van der Waals surface area contributed by atoms with Crippen LogP contribution in [0.2, 0.25) is 0 Å². The summed E-state index contributed by atoms with van der Waals surface area (Å²) in [5.41, 5.74) is 0.896. The van der Waals surface area contributed by atoms with Crippen molar-refractivity contribution < 1.29 is 14.3 Å². The van der Waals surface area contributed by atoms with Crippen molar-refractivity contribution in [1.82, 2.24) is 10.2 Å². The van der Waals surface area contributed by atoms with Crippen molar-refractivity contribution in [2.75, 3.05) is 26.8 Å². The molecule has 2 rings (SSSR count). The molecule has 0 aromatic heterocycles. The number of rotatable bonds is 10. The lowest BCUT2D eigenvalue weighted by Crippen LogP contribution is -2.41. The summed E-state index contributed by atoms with van der Waals surface area (Å²) in [6.45, 7) is 7.81. The van der Waals surface area contributed by atoms with E-state index >= 15 is 0 Å². The second-order valence-corrected chi connectivity index (χ2v) is 7.34. The Morgan fingerprint density at radius 2 is 1.88 bits per heavy atom. The minimum absolute atomic E-state index is 0.0170. The van der Waals surface area contributed by atoms with Crippen molar-refractivity contribution in [3.8, 4) is 11.5 Å². The fourth-order valence-electron chi connectivity index (χ4n) is 2.73. The summed E-state index contributed by atoms with van der Waals surface area (Å²) in [6.07, 6.45) is 2.86. The molecule has 1 amide bonds. The maximum Gasteiger partial charge on any atom is 0.224 e. The third kappa shape index (κ3) is 5.89. The zero-order valence-electron chi connectivity index (χ0n) is 15.6. The van der Waals surface area contributed by atoms with E-state index in [2.05, 4.69) is 40.1 Å². The minimum atomic E-state index is 0.0170. The highest BCUT2D eigenvalue weighted by Gasteiger charge is 2.29. The van der Waals surface area contributed by atoms with Gasteiger partial charge in [0.15, 0.2) is 11.5 Å². The van der Waals surface area contributed by atoms with Gasteiger partial charge in [0.1, 0.15) is 0 Å². The Morgan fingerprint density at radius 1 is 1.28 bits per heavy atom. The smallest absolute Gasteiger partial charge is 0.224 e. The number of ether oxygens (including phenoxy) is 2. The van der Waals surface area contributed by atoms with E-state index in [1.807, 2.05) is 26.0 Å². The number of hydrogen-bond acceptors (Lipinski definition) is 4. The number of likely N-dealkylation sites (N-methyl/N-ethyl adjacent to an activating group) is 1. The number of hydrogen-bond donors (Lipinski definition) is 1. The van der Waals surface area contributed by atoms with E-state index in [1.54, 1.807) is 0 Å². The van der Waals surface area contributed by atoms with Gasteiger partial charge in [-0.15, -0.1) is 0 Å². The number of nitrogens with zero attached hydrogens (tertiary/aromatic N) is 1. The van der Waals surface area contributed by atoms with Crippen LogP contribution >= 0.6 is 15.9 Å². The first kappa shape index (κ1) is 20.0. The number of carbonyl (C=O) groups is 1. The van der Waals surface area contributed by atoms with Gasteiger partial charge in [-0.2, -0.15) is 0 Å². The Labute approximate surface area is 159 Å². The molecule has 1 aliphatic rings. The number of amides is 1. The molecule has 1 aliphatic carbocycles. The van der Waals surface area contributed by atoms with Gasteiger partial charge >= 0.3 is 0 Å². The van der Waals surface area contributed by atoms with Gasteiger partial charge in [0, 0.05) is 23.1 Å². The lowest BCUT2D eigenvalue weighted by atomic mass is 10.1. The monoisotopic (exact) mass is 412 g/mol. The van der Waals surface area contributed by atoms with Gasteiger partial charge < -0.3 is 14.8 Å². The Morgan fingerprint density at radius 3 is 2.44 bits per heavy atom. The van der Waals surface area contributed by atoms with Crippen molar-refractivity contribution in [2.45, 2.75) is 52.1 Å². The highest BCUT2D eigenvalue weighted by atomic mass is 79.9. The summed E-state index contributed by atoms with van der Waals surface area (Å²) < 4.78 is 12.1. The predicted octanol–water partition coefficient (Wildman–Crippen LogP) is 3.39. The van der Waals surface area contributed by atoms with Crippen LogP contribution in [0.25, 0.3) is 0 Å². The number of benzene rings is 1. The summed E-state index contributed by atoms with van der Waals surface area (Å²) in [5.74, 6) is 1.39. The molecule has 1 N–H and O–H groups in total. The molecule has 5 nitrogen and oxygen atoms in total.